The van der Waals surface area contributed by atoms with Crippen molar-refractivity contribution in [2.75, 3.05) is 23.9 Å². The van der Waals surface area contributed by atoms with E-state index >= 15 is 0 Å². The first-order valence-corrected chi connectivity index (χ1v) is 6.06. The molecule has 0 saturated heterocycles. The molecule has 1 heterocycles. The van der Waals surface area contributed by atoms with E-state index in [1.54, 1.807) is 0 Å². The van der Waals surface area contributed by atoms with Gasteiger partial charge in [0.15, 0.2) is 0 Å². The number of halogens is 3. The fourth-order valence-corrected chi connectivity index (χ4v) is 1.30. The molecule has 90 valence electrons. The van der Waals surface area contributed by atoms with Crippen molar-refractivity contribution in [2.45, 2.75) is 6.18 Å². The van der Waals surface area contributed by atoms with E-state index in [1.165, 1.54) is 6.26 Å². The Balaban J connectivity index is 2.64. The lowest BCUT2D eigenvalue weighted by Gasteiger charge is -2.07. The summed E-state index contributed by atoms with van der Waals surface area (Å²) in [6.45, 7) is 0.268. The second kappa shape index (κ2) is 5.24. The van der Waals surface area contributed by atoms with Crippen LogP contribution in [0.1, 0.15) is 5.69 Å². The van der Waals surface area contributed by atoms with Crippen molar-refractivity contribution in [1.29, 1.82) is 0 Å². The van der Waals surface area contributed by atoms with Gasteiger partial charge in [0.25, 0.3) is 0 Å². The summed E-state index contributed by atoms with van der Waals surface area (Å²) >= 11 is 0. The summed E-state index contributed by atoms with van der Waals surface area (Å²) in [4.78, 5) is 6.92. The first kappa shape index (κ1) is 12.9. The van der Waals surface area contributed by atoms with Gasteiger partial charge in [0.2, 0.25) is 5.95 Å². The van der Waals surface area contributed by atoms with E-state index in [2.05, 4.69) is 15.3 Å². The molecule has 0 aromatic carbocycles. The highest BCUT2D eigenvalue weighted by molar-refractivity contribution is 7.84. The Bertz CT molecular complexity index is 383. The number of nitrogens with one attached hydrogen (secondary N) is 1. The fourth-order valence-electron chi connectivity index (χ4n) is 0.908. The molecule has 1 aromatic heterocycles. The molecule has 0 saturated carbocycles. The van der Waals surface area contributed by atoms with Crippen LogP contribution in [0.4, 0.5) is 19.1 Å². The minimum Gasteiger partial charge on any atom is -0.353 e. The van der Waals surface area contributed by atoms with Gasteiger partial charge < -0.3 is 5.32 Å². The van der Waals surface area contributed by atoms with Crippen LogP contribution in [0.5, 0.6) is 0 Å². The predicted molar refractivity (Wildman–Crippen MR) is 54.5 cm³/mol. The van der Waals surface area contributed by atoms with E-state index in [9.17, 15) is 17.4 Å². The highest BCUT2D eigenvalue weighted by atomic mass is 32.2. The maximum atomic E-state index is 12.3. The summed E-state index contributed by atoms with van der Waals surface area (Å²) in [6, 6.07) is 0.795. The molecule has 1 aromatic rings. The summed E-state index contributed by atoms with van der Waals surface area (Å²) in [5.41, 5.74) is -0.998. The third-order valence-electron chi connectivity index (χ3n) is 1.62. The van der Waals surface area contributed by atoms with Gasteiger partial charge in [0.05, 0.1) is 0 Å². The van der Waals surface area contributed by atoms with Crippen molar-refractivity contribution >= 4 is 16.7 Å². The average molecular weight is 253 g/mol. The minimum absolute atomic E-state index is 0.111. The molecule has 16 heavy (non-hydrogen) atoms. The molecule has 0 spiro atoms. The number of anilines is 1. The van der Waals surface area contributed by atoms with Crippen LogP contribution in [0.15, 0.2) is 12.3 Å². The van der Waals surface area contributed by atoms with E-state index in [1.807, 2.05) is 0 Å². The Kier molecular flexibility index (Phi) is 4.22. The van der Waals surface area contributed by atoms with Crippen molar-refractivity contribution in [3.8, 4) is 0 Å². The second-order valence-electron chi connectivity index (χ2n) is 2.97. The molecular weight excluding hydrogens is 243 g/mol. The summed E-state index contributed by atoms with van der Waals surface area (Å²) in [5.74, 6) is 0.222. The number of nitrogens with zero attached hydrogens (tertiary/aromatic N) is 2. The third-order valence-corrected chi connectivity index (χ3v) is 2.40. The Labute approximate surface area is 92.8 Å². The summed E-state index contributed by atoms with van der Waals surface area (Å²) in [7, 11) is -1.00. The summed E-state index contributed by atoms with van der Waals surface area (Å²) in [6.07, 6.45) is -1.94. The normalized spacial score (nSPS) is 13.5. The molecular formula is C8H10F3N3OS. The molecule has 1 N–H and O–H groups in total. The lowest BCUT2D eigenvalue weighted by molar-refractivity contribution is -0.141. The molecule has 1 rings (SSSR count). The first-order valence-electron chi connectivity index (χ1n) is 4.34. The van der Waals surface area contributed by atoms with Gasteiger partial charge in [-0.3, -0.25) is 4.21 Å². The quantitative estimate of drug-likeness (QED) is 0.878. The zero-order valence-corrected chi connectivity index (χ0v) is 9.23. The van der Waals surface area contributed by atoms with Crippen molar-refractivity contribution < 1.29 is 17.4 Å². The minimum atomic E-state index is -4.48. The van der Waals surface area contributed by atoms with E-state index in [0.717, 1.165) is 12.3 Å². The number of rotatable bonds is 4. The largest absolute Gasteiger partial charge is 0.433 e. The molecule has 8 heteroatoms. The number of hydrogen-bond acceptors (Lipinski definition) is 4. The summed E-state index contributed by atoms with van der Waals surface area (Å²) < 4.78 is 47.5. The zero-order valence-electron chi connectivity index (χ0n) is 8.41. The molecule has 0 aliphatic rings. The van der Waals surface area contributed by atoms with E-state index < -0.39 is 22.7 Å². The van der Waals surface area contributed by atoms with Crippen LogP contribution in [0, 0.1) is 0 Å². The molecule has 0 amide bonds. The van der Waals surface area contributed by atoms with Crippen molar-refractivity contribution in [2.24, 2.45) is 0 Å². The molecule has 4 nitrogen and oxygen atoms in total. The number of alkyl halides is 3. The molecule has 0 aliphatic carbocycles. The van der Waals surface area contributed by atoms with Crippen LogP contribution >= 0.6 is 0 Å². The first-order chi connectivity index (χ1) is 7.39. The maximum absolute atomic E-state index is 12.3. The SMILES string of the molecule is CS(=O)CCNc1nccc(C(F)(F)F)n1. The second-order valence-corrected chi connectivity index (χ2v) is 4.52. The topological polar surface area (TPSA) is 54.9 Å². The molecule has 0 fully saturated rings. The van der Waals surface area contributed by atoms with E-state index in [-0.39, 0.29) is 12.5 Å². The van der Waals surface area contributed by atoms with Gasteiger partial charge in [-0.05, 0) is 6.07 Å². The van der Waals surface area contributed by atoms with Gasteiger partial charge in [0, 0.05) is 35.5 Å². The highest BCUT2D eigenvalue weighted by Crippen LogP contribution is 2.27. The van der Waals surface area contributed by atoms with Crippen LogP contribution < -0.4 is 5.32 Å². The van der Waals surface area contributed by atoms with Crippen LogP contribution in [0.2, 0.25) is 0 Å². The van der Waals surface area contributed by atoms with Crippen molar-refractivity contribution in [3.63, 3.8) is 0 Å². The number of aromatic nitrogens is 2. The van der Waals surface area contributed by atoms with Crippen LogP contribution in [-0.2, 0) is 17.0 Å². The van der Waals surface area contributed by atoms with Gasteiger partial charge in [-0.25, -0.2) is 9.97 Å². The van der Waals surface area contributed by atoms with Gasteiger partial charge in [0.1, 0.15) is 5.69 Å². The standard InChI is InChI=1S/C8H10F3N3OS/c1-16(15)5-4-13-7-12-3-2-6(14-7)8(9,10)11/h2-3H,4-5H2,1H3,(H,12,13,14). The van der Waals surface area contributed by atoms with Crippen molar-refractivity contribution in [1.82, 2.24) is 9.97 Å². The smallest absolute Gasteiger partial charge is 0.353 e. The molecule has 0 radical (unpaired) electrons. The van der Waals surface area contributed by atoms with Crippen molar-refractivity contribution in [3.05, 3.63) is 18.0 Å². The summed E-state index contributed by atoms with van der Waals surface area (Å²) in [5, 5.41) is 2.57. The lowest BCUT2D eigenvalue weighted by Crippen LogP contribution is -2.14. The Morgan fingerprint density at radius 1 is 1.50 bits per heavy atom. The molecule has 0 aliphatic heterocycles. The Morgan fingerprint density at radius 3 is 2.75 bits per heavy atom. The molecule has 1 unspecified atom stereocenters. The van der Waals surface area contributed by atoms with Crippen LogP contribution in [0.3, 0.4) is 0 Å². The third kappa shape index (κ3) is 4.13. The Hall–Kier alpha value is -1.18. The zero-order chi connectivity index (χ0) is 12.2. The maximum Gasteiger partial charge on any atom is 0.433 e. The number of hydrogen-bond donors (Lipinski definition) is 1. The van der Waals surface area contributed by atoms with Crippen LogP contribution in [-0.4, -0.2) is 32.7 Å². The molecule has 1 atom stereocenters. The van der Waals surface area contributed by atoms with Crippen LogP contribution in [0.25, 0.3) is 0 Å². The molecule has 0 bridgehead atoms. The van der Waals surface area contributed by atoms with E-state index in [4.69, 9.17) is 0 Å². The van der Waals surface area contributed by atoms with E-state index in [0.29, 0.717) is 5.75 Å². The Morgan fingerprint density at radius 2 is 2.19 bits per heavy atom. The van der Waals surface area contributed by atoms with Gasteiger partial charge in [-0.2, -0.15) is 13.2 Å². The predicted octanol–water partition coefficient (Wildman–Crippen LogP) is 1.29. The lowest BCUT2D eigenvalue weighted by atomic mass is 10.4. The monoisotopic (exact) mass is 253 g/mol. The van der Waals surface area contributed by atoms with Gasteiger partial charge >= 0.3 is 6.18 Å². The average Bonchev–Trinajstić information content (AvgIpc) is 2.16. The van der Waals surface area contributed by atoms with Gasteiger partial charge in [-0.15, -0.1) is 0 Å². The van der Waals surface area contributed by atoms with Gasteiger partial charge in [-0.1, -0.05) is 0 Å². The highest BCUT2D eigenvalue weighted by Gasteiger charge is 2.32. The fraction of sp³-hybridized carbons (Fsp3) is 0.500.